The van der Waals surface area contributed by atoms with Crippen LogP contribution in [0.25, 0.3) is 0 Å². The van der Waals surface area contributed by atoms with Gasteiger partial charge in [0.05, 0.1) is 0 Å². The normalized spacial score (nSPS) is 12.1. The highest BCUT2D eigenvalue weighted by Gasteiger charge is 2.07. The SMILES string of the molecule is C[C@H](NCCOc1ccccc1)c1ccccc1Cl. The van der Waals surface area contributed by atoms with Gasteiger partial charge in [-0.15, -0.1) is 0 Å². The van der Waals surface area contributed by atoms with Gasteiger partial charge in [0.25, 0.3) is 0 Å². The topological polar surface area (TPSA) is 21.3 Å². The van der Waals surface area contributed by atoms with Crippen LogP contribution >= 0.6 is 11.6 Å². The van der Waals surface area contributed by atoms with Gasteiger partial charge in [0, 0.05) is 17.6 Å². The maximum absolute atomic E-state index is 6.16. The van der Waals surface area contributed by atoms with Gasteiger partial charge >= 0.3 is 0 Å². The highest BCUT2D eigenvalue weighted by molar-refractivity contribution is 6.31. The zero-order chi connectivity index (χ0) is 13.5. The van der Waals surface area contributed by atoms with E-state index in [9.17, 15) is 0 Å². The van der Waals surface area contributed by atoms with Gasteiger partial charge in [-0.25, -0.2) is 0 Å². The Morgan fingerprint density at radius 2 is 1.74 bits per heavy atom. The first-order valence-corrected chi connectivity index (χ1v) is 6.81. The van der Waals surface area contributed by atoms with E-state index in [1.54, 1.807) is 0 Å². The molecule has 2 rings (SSSR count). The average Bonchev–Trinajstić information content (AvgIpc) is 2.45. The van der Waals surface area contributed by atoms with Crippen molar-refractivity contribution in [1.29, 1.82) is 0 Å². The van der Waals surface area contributed by atoms with Crippen molar-refractivity contribution < 1.29 is 4.74 Å². The van der Waals surface area contributed by atoms with Crippen LogP contribution in [0.15, 0.2) is 54.6 Å². The quantitative estimate of drug-likeness (QED) is 0.803. The number of hydrogen-bond donors (Lipinski definition) is 1. The fourth-order valence-corrected chi connectivity index (χ4v) is 2.20. The molecule has 3 heteroatoms. The third-order valence-corrected chi connectivity index (χ3v) is 3.28. The summed E-state index contributed by atoms with van der Waals surface area (Å²) in [7, 11) is 0. The van der Waals surface area contributed by atoms with Crippen LogP contribution in [0.4, 0.5) is 0 Å². The van der Waals surface area contributed by atoms with Gasteiger partial charge in [-0.2, -0.15) is 0 Å². The van der Waals surface area contributed by atoms with Crippen LogP contribution in [-0.4, -0.2) is 13.2 Å². The molecule has 0 unspecified atom stereocenters. The van der Waals surface area contributed by atoms with Crippen LogP contribution in [-0.2, 0) is 0 Å². The first-order valence-electron chi connectivity index (χ1n) is 6.43. The van der Waals surface area contributed by atoms with Crippen LogP contribution in [0.3, 0.4) is 0 Å². The number of para-hydroxylation sites is 1. The standard InChI is InChI=1S/C16H18ClNO/c1-13(15-9-5-6-10-16(15)17)18-11-12-19-14-7-3-2-4-8-14/h2-10,13,18H,11-12H2,1H3/t13-/m0/s1. The minimum absolute atomic E-state index is 0.216. The van der Waals surface area contributed by atoms with Crippen molar-refractivity contribution >= 4 is 11.6 Å². The van der Waals surface area contributed by atoms with Crippen molar-refractivity contribution in [3.8, 4) is 5.75 Å². The summed E-state index contributed by atoms with van der Waals surface area (Å²) in [4.78, 5) is 0. The van der Waals surface area contributed by atoms with Gasteiger partial charge in [-0.05, 0) is 30.7 Å². The number of rotatable bonds is 6. The van der Waals surface area contributed by atoms with Crippen molar-refractivity contribution in [2.75, 3.05) is 13.2 Å². The van der Waals surface area contributed by atoms with Gasteiger partial charge in [0.2, 0.25) is 0 Å². The lowest BCUT2D eigenvalue weighted by Crippen LogP contribution is -2.24. The van der Waals surface area contributed by atoms with Gasteiger partial charge < -0.3 is 10.1 Å². The van der Waals surface area contributed by atoms with Gasteiger partial charge in [-0.1, -0.05) is 48.0 Å². The second-order valence-electron chi connectivity index (χ2n) is 4.36. The van der Waals surface area contributed by atoms with E-state index in [0.717, 1.165) is 22.9 Å². The monoisotopic (exact) mass is 275 g/mol. The molecule has 1 N–H and O–H groups in total. The maximum Gasteiger partial charge on any atom is 0.119 e. The second kappa shape index (κ2) is 7.17. The number of halogens is 1. The van der Waals surface area contributed by atoms with E-state index in [2.05, 4.69) is 12.2 Å². The molecule has 0 saturated heterocycles. The molecule has 2 aromatic carbocycles. The molecule has 19 heavy (non-hydrogen) atoms. The molecule has 0 aliphatic carbocycles. The highest BCUT2D eigenvalue weighted by atomic mass is 35.5. The minimum Gasteiger partial charge on any atom is -0.492 e. The van der Waals surface area contributed by atoms with E-state index < -0.39 is 0 Å². The van der Waals surface area contributed by atoms with Gasteiger partial charge in [0.1, 0.15) is 12.4 Å². The first-order chi connectivity index (χ1) is 9.27. The van der Waals surface area contributed by atoms with E-state index >= 15 is 0 Å². The summed E-state index contributed by atoms with van der Waals surface area (Å²) in [5, 5.41) is 4.20. The summed E-state index contributed by atoms with van der Waals surface area (Å²) in [6.45, 7) is 3.52. The lowest BCUT2D eigenvalue weighted by Gasteiger charge is -2.15. The number of ether oxygens (including phenoxy) is 1. The average molecular weight is 276 g/mol. The number of nitrogens with one attached hydrogen (secondary N) is 1. The van der Waals surface area contributed by atoms with E-state index in [0.29, 0.717) is 6.61 Å². The Hall–Kier alpha value is -1.51. The highest BCUT2D eigenvalue weighted by Crippen LogP contribution is 2.21. The van der Waals surface area contributed by atoms with Gasteiger partial charge in [0.15, 0.2) is 0 Å². The Bertz CT molecular complexity index is 501. The van der Waals surface area contributed by atoms with Crippen LogP contribution in [0.1, 0.15) is 18.5 Å². The van der Waals surface area contributed by atoms with Crippen molar-refractivity contribution in [3.63, 3.8) is 0 Å². The van der Waals surface area contributed by atoms with Gasteiger partial charge in [-0.3, -0.25) is 0 Å². The molecule has 2 aromatic rings. The summed E-state index contributed by atoms with van der Waals surface area (Å²) in [6, 6.07) is 17.9. The third kappa shape index (κ3) is 4.27. The molecule has 0 radical (unpaired) electrons. The van der Waals surface area contributed by atoms with Crippen LogP contribution in [0.2, 0.25) is 5.02 Å². The van der Waals surface area contributed by atoms with E-state index in [4.69, 9.17) is 16.3 Å². The van der Waals surface area contributed by atoms with E-state index in [1.165, 1.54) is 0 Å². The Balaban J connectivity index is 1.76. The molecule has 0 heterocycles. The number of hydrogen-bond acceptors (Lipinski definition) is 2. The lowest BCUT2D eigenvalue weighted by molar-refractivity contribution is 0.307. The molecular formula is C16H18ClNO. The summed E-state index contributed by atoms with van der Waals surface area (Å²) in [5.74, 6) is 0.898. The van der Waals surface area contributed by atoms with Crippen LogP contribution < -0.4 is 10.1 Å². The Morgan fingerprint density at radius 3 is 2.47 bits per heavy atom. The predicted molar refractivity (Wildman–Crippen MR) is 79.8 cm³/mol. The van der Waals surface area contributed by atoms with Crippen molar-refractivity contribution in [1.82, 2.24) is 5.32 Å². The summed E-state index contributed by atoms with van der Waals surface area (Å²) in [5.41, 5.74) is 1.11. The summed E-state index contributed by atoms with van der Waals surface area (Å²) in [6.07, 6.45) is 0. The molecule has 0 aliphatic rings. The zero-order valence-corrected chi connectivity index (χ0v) is 11.7. The Morgan fingerprint density at radius 1 is 1.05 bits per heavy atom. The van der Waals surface area contributed by atoms with Crippen molar-refractivity contribution in [2.45, 2.75) is 13.0 Å². The molecule has 100 valence electrons. The maximum atomic E-state index is 6.16. The van der Waals surface area contributed by atoms with Crippen LogP contribution in [0.5, 0.6) is 5.75 Å². The molecule has 0 aromatic heterocycles. The fraction of sp³-hybridized carbons (Fsp3) is 0.250. The minimum atomic E-state index is 0.216. The Labute approximate surface area is 119 Å². The molecule has 0 bridgehead atoms. The molecule has 1 atom stereocenters. The zero-order valence-electron chi connectivity index (χ0n) is 11.0. The second-order valence-corrected chi connectivity index (χ2v) is 4.77. The van der Waals surface area contributed by atoms with Crippen molar-refractivity contribution in [3.05, 3.63) is 65.2 Å². The van der Waals surface area contributed by atoms with E-state index in [-0.39, 0.29) is 6.04 Å². The predicted octanol–water partition coefficient (Wildman–Crippen LogP) is 4.07. The smallest absolute Gasteiger partial charge is 0.119 e. The molecule has 0 aliphatic heterocycles. The van der Waals surface area contributed by atoms with Crippen LogP contribution in [0, 0.1) is 0 Å². The third-order valence-electron chi connectivity index (χ3n) is 2.94. The fourth-order valence-electron chi connectivity index (χ4n) is 1.90. The molecule has 2 nitrogen and oxygen atoms in total. The largest absolute Gasteiger partial charge is 0.492 e. The lowest BCUT2D eigenvalue weighted by atomic mass is 10.1. The molecular weight excluding hydrogens is 258 g/mol. The Kier molecular flexibility index (Phi) is 5.25. The van der Waals surface area contributed by atoms with E-state index in [1.807, 2.05) is 54.6 Å². The molecule has 0 saturated carbocycles. The summed E-state index contributed by atoms with van der Waals surface area (Å²) >= 11 is 6.16. The van der Waals surface area contributed by atoms with Crippen molar-refractivity contribution in [2.24, 2.45) is 0 Å². The molecule has 0 amide bonds. The molecule has 0 fully saturated rings. The first kappa shape index (κ1) is 13.9. The summed E-state index contributed by atoms with van der Waals surface area (Å²) < 4.78 is 5.63. The molecule has 0 spiro atoms. The number of benzene rings is 2.